The molecule has 1 aromatic rings. The molecule has 0 bridgehead atoms. The first kappa shape index (κ1) is 12.7. The predicted octanol–water partition coefficient (Wildman–Crippen LogP) is 2.32. The molecule has 1 N–H and O–H groups in total. The third kappa shape index (κ3) is 3.32. The van der Waals surface area contributed by atoms with Crippen molar-refractivity contribution in [3.8, 4) is 0 Å². The Kier molecular flexibility index (Phi) is 4.46. The Balaban J connectivity index is 2.82. The molecule has 5 heteroatoms. The Morgan fingerprint density at radius 3 is 2.69 bits per heavy atom. The number of hydrogen-bond acceptors (Lipinski definition) is 2. The molecule has 3 nitrogen and oxygen atoms in total. The van der Waals surface area contributed by atoms with Gasteiger partial charge in [0.1, 0.15) is 0 Å². The fourth-order valence-electron chi connectivity index (χ4n) is 1.36. The molecule has 0 spiro atoms. The van der Waals surface area contributed by atoms with Crippen molar-refractivity contribution in [1.82, 2.24) is 4.57 Å². The Morgan fingerprint density at radius 2 is 2.12 bits per heavy atom. The minimum Gasteiger partial charge on any atom is -0.376 e. The second kappa shape index (κ2) is 5.63. The zero-order chi connectivity index (χ0) is 12.1. The van der Waals surface area contributed by atoms with E-state index in [-0.39, 0.29) is 5.56 Å². The lowest BCUT2D eigenvalue weighted by molar-refractivity contribution is 0.130. The Morgan fingerprint density at radius 1 is 1.44 bits per heavy atom. The van der Waals surface area contributed by atoms with Crippen LogP contribution in [0.2, 0.25) is 0 Å². The number of anilines is 1. The van der Waals surface area contributed by atoms with Gasteiger partial charge in [-0.2, -0.15) is 0 Å². The van der Waals surface area contributed by atoms with Crippen LogP contribution >= 0.6 is 0 Å². The summed E-state index contributed by atoms with van der Waals surface area (Å²) in [5.41, 5.74) is 0.429. The van der Waals surface area contributed by atoms with Gasteiger partial charge in [0.05, 0.1) is 11.7 Å². The summed E-state index contributed by atoms with van der Waals surface area (Å²) in [5.74, 6) is 0. The summed E-state index contributed by atoms with van der Waals surface area (Å²) in [6.07, 6.45) is -0.0232. The van der Waals surface area contributed by atoms with Crippen molar-refractivity contribution in [3.63, 3.8) is 0 Å². The molecule has 1 aromatic heterocycles. The first-order chi connectivity index (χ1) is 7.54. The van der Waals surface area contributed by atoms with E-state index in [0.717, 1.165) is 6.42 Å². The molecule has 0 radical (unpaired) electrons. The van der Waals surface area contributed by atoms with Crippen LogP contribution in [-0.2, 0) is 6.54 Å². The van der Waals surface area contributed by atoms with E-state index in [9.17, 15) is 13.6 Å². The molecule has 1 unspecified atom stereocenters. The van der Waals surface area contributed by atoms with E-state index in [0.29, 0.717) is 12.2 Å². The molecule has 0 aromatic carbocycles. The quantitative estimate of drug-likeness (QED) is 0.842. The number of rotatable bonds is 5. The highest BCUT2D eigenvalue weighted by Gasteiger charge is 2.13. The van der Waals surface area contributed by atoms with Gasteiger partial charge in [-0.05, 0) is 19.4 Å². The van der Waals surface area contributed by atoms with Gasteiger partial charge in [0.25, 0.3) is 12.0 Å². The molecule has 1 heterocycles. The molecular formula is C11H16F2N2O. The zero-order valence-electron chi connectivity index (χ0n) is 9.41. The van der Waals surface area contributed by atoms with E-state index in [2.05, 4.69) is 5.32 Å². The first-order valence-corrected chi connectivity index (χ1v) is 5.29. The number of pyridine rings is 1. The number of nitrogens with one attached hydrogen (secondary N) is 1. The minimum absolute atomic E-state index is 0.114. The van der Waals surface area contributed by atoms with Gasteiger partial charge in [-0.1, -0.05) is 6.92 Å². The lowest BCUT2D eigenvalue weighted by atomic mass is 10.3. The van der Waals surface area contributed by atoms with Crippen molar-refractivity contribution >= 4 is 5.69 Å². The molecule has 1 rings (SSSR count). The molecule has 0 aliphatic heterocycles. The van der Waals surface area contributed by atoms with Crippen molar-refractivity contribution < 1.29 is 8.78 Å². The molecular weight excluding hydrogens is 214 g/mol. The lowest BCUT2D eigenvalue weighted by Gasteiger charge is -2.15. The summed E-state index contributed by atoms with van der Waals surface area (Å²) < 4.78 is 26.1. The molecule has 90 valence electrons. The molecule has 0 aliphatic carbocycles. The van der Waals surface area contributed by atoms with E-state index in [1.54, 1.807) is 6.20 Å². The second-order valence-corrected chi connectivity index (χ2v) is 3.72. The zero-order valence-corrected chi connectivity index (χ0v) is 9.41. The minimum atomic E-state index is -2.42. The van der Waals surface area contributed by atoms with Crippen molar-refractivity contribution in [2.24, 2.45) is 0 Å². The second-order valence-electron chi connectivity index (χ2n) is 3.72. The smallest absolute Gasteiger partial charge is 0.258 e. The molecule has 0 fully saturated rings. The van der Waals surface area contributed by atoms with E-state index in [1.165, 1.54) is 23.6 Å². The van der Waals surface area contributed by atoms with E-state index in [1.807, 2.05) is 6.92 Å². The molecule has 0 aliphatic rings. The highest BCUT2D eigenvalue weighted by molar-refractivity contribution is 5.41. The summed E-state index contributed by atoms with van der Waals surface area (Å²) in [4.78, 5) is 11.4. The van der Waals surface area contributed by atoms with Crippen LogP contribution in [0.4, 0.5) is 14.5 Å². The maximum absolute atomic E-state index is 12.3. The Labute approximate surface area is 93.1 Å². The summed E-state index contributed by atoms with van der Waals surface area (Å²) in [6, 6.07) is 1.98. The SMILES string of the molecule is CCCn1cc(NC(C)C(F)F)ccc1=O. The van der Waals surface area contributed by atoms with Gasteiger partial charge >= 0.3 is 0 Å². The predicted molar refractivity (Wildman–Crippen MR) is 60.1 cm³/mol. The summed E-state index contributed by atoms with van der Waals surface area (Å²) in [7, 11) is 0. The molecule has 0 amide bonds. The monoisotopic (exact) mass is 230 g/mol. The number of halogens is 2. The van der Waals surface area contributed by atoms with Gasteiger partial charge in [-0.25, -0.2) is 8.78 Å². The van der Waals surface area contributed by atoms with Gasteiger partial charge in [0.15, 0.2) is 0 Å². The van der Waals surface area contributed by atoms with E-state index < -0.39 is 12.5 Å². The van der Waals surface area contributed by atoms with Crippen LogP contribution in [0.3, 0.4) is 0 Å². The molecule has 1 atom stereocenters. The maximum atomic E-state index is 12.3. The third-order valence-electron chi connectivity index (χ3n) is 2.22. The summed E-state index contributed by atoms with van der Waals surface area (Å²) in [5, 5.41) is 2.66. The molecule has 16 heavy (non-hydrogen) atoms. The Hall–Kier alpha value is -1.39. The van der Waals surface area contributed by atoms with Crippen LogP contribution in [0.1, 0.15) is 20.3 Å². The van der Waals surface area contributed by atoms with Crippen molar-refractivity contribution in [2.75, 3.05) is 5.32 Å². The standard InChI is InChI=1S/C11H16F2N2O/c1-3-6-15-7-9(4-5-10(15)16)14-8(2)11(12)13/h4-5,7-8,11,14H,3,6H2,1-2H3. The van der Waals surface area contributed by atoms with E-state index in [4.69, 9.17) is 0 Å². The number of aryl methyl sites for hydroxylation is 1. The summed E-state index contributed by atoms with van der Waals surface area (Å²) in [6.45, 7) is 3.95. The number of aromatic nitrogens is 1. The number of hydrogen-bond donors (Lipinski definition) is 1. The highest BCUT2D eigenvalue weighted by atomic mass is 19.3. The van der Waals surface area contributed by atoms with Crippen LogP contribution in [0.15, 0.2) is 23.1 Å². The number of nitrogens with zero attached hydrogens (tertiary/aromatic N) is 1. The summed E-state index contributed by atoms with van der Waals surface area (Å²) >= 11 is 0. The van der Waals surface area contributed by atoms with E-state index >= 15 is 0 Å². The van der Waals surface area contributed by atoms with Gasteiger partial charge in [-0.3, -0.25) is 4.79 Å². The lowest BCUT2D eigenvalue weighted by Crippen LogP contribution is -2.25. The van der Waals surface area contributed by atoms with Crippen LogP contribution < -0.4 is 10.9 Å². The topological polar surface area (TPSA) is 34.0 Å². The maximum Gasteiger partial charge on any atom is 0.258 e. The highest BCUT2D eigenvalue weighted by Crippen LogP contribution is 2.10. The molecule has 0 saturated carbocycles. The van der Waals surface area contributed by atoms with Gasteiger partial charge < -0.3 is 9.88 Å². The van der Waals surface area contributed by atoms with Gasteiger partial charge in [0, 0.05) is 18.8 Å². The Bertz CT molecular complexity index is 390. The third-order valence-corrected chi connectivity index (χ3v) is 2.22. The van der Waals surface area contributed by atoms with Gasteiger partial charge in [0.2, 0.25) is 0 Å². The largest absolute Gasteiger partial charge is 0.376 e. The van der Waals surface area contributed by atoms with Gasteiger partial charge in [-0.15, -0.1) is 0 Å². The average molecular weight is 230 g/mol. The van der Waals surface area contributed by atoms with Crippen molar-refractivity contribution in [3.05, 3.63) is 28.7 Å². The van der Waals surface area contributed by atoms with Crippen LogP contribution in [0, 0.1) is 0 Å². The first-order valence-electron chi connectivity index (χ1n) is 5.29. The normalized spacial score (nSPS) is 12.8. The fourth-order valence-corrected chi connectivity index (χ4v) is 1.36. The fraction of sp³-hybridized carbons (Fsp3) is 0.545. The van der Waals surface area contributed by atoms with Crippen LogP contribution in [0.5, 0.6) is 0 Å². The van der Waals surface area contributed by atoms with Crippen molar-refractivity contribution in [1.29, 1.82) is 0 Å². The average Bonchev–Trinajstić information content (AvgIpc) is 2.23. The van der Waals surface area contributed by atoms with Crippen LogP contribution in [-0.4, -0.2) is 17.0 Å². The van der Waals surface area contributed by atoms with Crippen LogP contribution in [0.25, 0.3) is 0 Å². The van der Waals surface area contributed by atoms with Crippen molar-refractivity contribution in [2.45, 2.75) is 39.3 Å². The number of alkyl halides is 2. The molecule has 0 saturated heterocycles.